The minimum atomic E-state index is -0.347. The number of Topliss-reactive ketones (excluding diaryl/α,β-unsaturated/α-hetero) is 1. The molecule has 21 heavy (non-hydrogen) atoms. The molecule has 0 saturated heterocycles. The predicted molar refractivity (Wildman–Crippen MR) is 87.9 cm³/mol. The summed E-state index contributed by atoms with van der Waals surface area (Å²) in [4.78, 5) is 26.1. The van der Waals surface area contributed by atoms with Gasteiger partial charge in [-0.3, -0.25) is 9.59 Å². The van der Waals surface area contributed by atoms with Crippen LogP contribution >= 0.6 is 11.3 Å². The van der Waals surface area contributed by atoms with Crippen molar-refractivity contribution in [1.82, 2.24) is 5.32 Å². The van der Waals surface area contributed by atoms with Crippen molar-refractivity contribution < 1.29 is 9.59 Å². The minimum absolute atomic E-state index is 0.0389. The Morgan fingerprint density at radius 1 is 1.24 bits per heavy atom. The first-order valence-corrected chi connectivity index (χ1v) is 8.28. The fraction of sp³-hybridized carbons (Fsp3) is 0.625. The highest BCUT2D eigenvalue weighted by molar-refractivity contribution is 7.12. The van der Waals surface area contributed by atoms with E-state index in [2.05, 4.69) is 5.32 Å². The SMILES string of the molecule is CCC(N)(CC)CNC(=O)CCC(=O)c1cc(C)sc1C. The third-order valence-electron chi connectivity index (χ3n) is 3.97. The minimum Gasteiger partial charge on any atom is -0.354 e. The second-order valence-corrected chi connectivity index (χ2v) is 7.06. The molecule has 1 amide bonds. The van der Waals surface area contributed by atoms with E-state index < -0.39 is 0 Å². The van der Waals surface area contributed by atoms with E-state index in [1.165, 1.54) is 0 Å². The molecule has 5 heteroatoms. The lowest BCUT2D eigenvalue weighted by Crippen LogP contribution is -2.49. The molecule has 0 aliphatic heterocycles. The van der Waals surface area contributed by atoms with Crippen LogP contribution in [0.25, 0.3) is 0 Å². The monoisotopic (exact) mass is 310 g/mol. The molecule has 0 aromatic carbocycles. The molecule has 0 spiro atoms. The van der Waals surface area contributed by atoms with E-state index in [1.54, 1.807) is 11.3 Å². The van der Waals surface area contributed by atoms with E-state index in [1.807, 2.05) is 33.8 Å². The van der Waals surface area contributed by atoms with Gasteiger partial charge in [0, 0.05) is 40.2 Å². The van der Waals surface area contributed by atoms with Crippen molar-refractivity contribution in [3.8, 4) is 0 Å². The van der Waals surface area contributed by atoms with Crippen LogP contribution < -0.4 is 11.1 Å². The lowest BCUT2D eigenvalue weighted by molar-refractivity contribution is -0.121. The summed E-state index contributed by atoms with van der Waals surface area (Å²) in [6.07, 6.45) is 2.10. The highest BCUT2D eigenvalue weighted by Gasteiger charge is 2.21. The van der Waals surface area contributed by atoms with E-state index in [4.69, 9.17) is 5.73 Å². The van der Waals surface area contributed by atoms with Crippen molar-refractivity contribution in [3.05, 3.63) is 21.4 Å². The Bertz CT molecular complexity index is 504. The highest BCUT2D eigenvalue weighted by atomic mass is 32.1. The summed E-state index contributed by atoms with van der Waals surface area (Å²) in [5.41, 5.74) is 6.54. The number of amides is 1. The van der Waals surface area contributed by atoms with E-state index >= 15 is 0 Å². The lowest BCUT2D eigenvalue weighted by Gasteiger charge is -2.26. The Balaban J connectivity index is 2.43. The van der Waals surface area contributed by atoms with Crippen molar-refractivity contribution in [3.63, 3.8) is 0 Å². The number of carbonyl (C=O) groups excluding carboxylic acids is 2. The average molecular weight is 310 g/mol. The number of thiophene rings is 1. The Kier molecular flexibility index (Phi) is 6.55. The molecular weight excluding hydrogens is 284 g/mol. The van der Waals surface area contributed by atoms with Crippen LogP contribution in [0.2, 0.25) is 0 Å². The van der Waals surface area contributed by atoms with Crippen molar-refractivity contribution in [1.29, 1.82) is 0 Å². The van der Waals surface area contributed by atoms with Crippen LogP contribution in [0.5, 0.6) is 0 Å². The normalized spacial score (nSPS) is 11.5. The smallest absolute Gasteiger partial charge is 0.220 e. The predicted octanol–water partition coefficient (Wildman–Crippen LogP) is 2.96. The molecule has 4 nitrogen and oxygen atoms in total. The van der Waals surface area contributed by atoms with Gasteiger partial charge in [0.2, 0.25) is 5.91 Å². The van der Waals surface area contributed by atoms with Gasteiger partial charge in [-0.1, -0.05) is 13.8 Å². The zero-order valence-corrected chi connectivity index (χ0v) is 14.2. The Labute approximate surface area is 131 Å². The molecule has 1 heterocycles. The topological polar surface area (TPSA) is 72.2 Å². The fourth-order valence-corrected chi connectivity index (χ4v) is 3.07. The summed E-state index contributed by atoms with van der Waals surface area (Å²) in [5.74, 6) is -0.0679. The number of aryl methyl sites for hydroxylation is 2. The number of carbonyl (C=O) groups is 2. The van der Waals surface area contributed by atoms with Gasteiger partial charge in [0.25, 0.3) is 0 Å². The molecule has 0 saturated carbocycles. The first-order valence-electron chi connectivity index (χ1n) is 7.47. The van der Waals surface area contributed by atoms with Gasteiger partial charge in [-0.25, -0.2) is 0 Å². The van der Waals surface area contributed by atoms with Gasteiger partial charge in [0.1, 0.15) is 0 Å². The van der Waals surface area contributed by atoms with Gasteiger partial charge in [-0.05, 0) is 32.8 Å². The van der Waals surface area contributed by atoms with E-state index in [-0.39, 0.29) is 30.1 Å². The first kappa shape index (κ1) is 17.9. The van der Waals surface area contributed by atoms with Crippen LogP contribution in [0.4, 0.5) is 0 Å². The van der Waals surface area contributed by atoms with Gasteiger partial charge in [-0.15, -0.1) is 11.3 Å². The number of hydrogen-bond acceptors (Lipinski definition) is 4. The summed E-state index contributed by atoms with van der Waals surface area (Å²) >= 11 is 1.61. The van der Waals surface area contributed by atoms with E-state index in [9.17, 15) is 9.59 Å². The number of nitrogens with one attached hydrogen (secondary N) is 1. The van der Waals surface area contributed by atoms with Crippen LogP contribution in [-0.2, 0) is 4.79 Å². The molecule has 0 fully saturated rings. The zero-order valence-electron chi connectivity index (χ0n) is 13.4. The molecule has 1 aromatic heterocycles. The second-order valence-electron chi connectivity index (χ2n) is 5.60. The third-order valence-corrected chi connectivity index (χ3v) is 4.93. The molecule has 3 N–H and O–H groups in total. The third kappa shape index (κ3) is 5.25. The average Bonchev–Trinajstić information content (AvgIpc) is 2.81. The summed E-state index contributed by atoms with van der Waals surface area (Å²) in [5, 5.41) is 2.84. The molecule has 0 aliphatic rings. The van der Waals surface area contributed by atoms with Crippen LogP contribution in [0, 0.1) is 13.8 Å². The molecule has 1 aromatic rings. The highest BCUT2D eigenvalue weighted by Crippen LogP contribution is 2.22. The number of ketones is 1. The summed E-state index contributed by atoms with van der Waals surface area (Å²) in [6, 6.07) is 1.90. The number of hydrogen-bond donors (Lipinski definition) is 2. The van der Waals surface area contributed by atoms with Crippen molar-refractivity contribution in [2.24, 2.45) is 5.73 Å². The fourth-order valence-electron chi connectivity index (χ4n) is 2.13. The first-order chi connectivity index (χ1) is 9.81. The van der Waals surface area contributed by atoms with Gasteiger partial charge < -0.3 is 11.1 Å². The van der Waals surface area contributed by atoms with Gasteiger partial charge >= 0.3 is 0 Å². The molecule has 1 rings (SSSR count). The number of nitrogens with two attached hydrogens (primary N) is 1. The molecular formula is C16H26N2O2S. The van der Waals surface area contributed by atoms with Crippen molar-refractivity contribution in [2.75, 3.05) is 6.54 Å². The van der Waals surface area contributed by atoms with Crippen LogP contribution in [-0.4, -0.2) is 23.8 Å². The maximum atomic E-state index is 12.1. The molecule has 0 bridgehead atoms. The standard InChI is InChI=1S/C16H26N2O2S/c1-5-16(17,6-2)10-18-15(20)8-7-14(19)13-9-11(3)21-12(13)4/h9H,5-8,10,17H2,1-4H3,(H,18,20). The van der Waals surface area contributed by atoms with E-state index in [0.717, 1.165) is 28.2 Å². The van der Waals surface area contributed by atoms with Gasteiger partial charge in [-0.2, -0.15) is 0 Å². The Morgan fingerprint density at radius 2 is 1.86 bits per heavy atom. The van der Waals surface area contributed by atoms with Crippen molar-refractivity contribution >= 4 is 23.0 Å². The molecule has 0 aliphatic carbocycles. The zero-order chi connectivity index (χ0) is 16.0. The Hall–Kier alpha value is -1.20. The largest absolute Gasteiger partial charge is 0.354 e. The van der Waals surface area contributed by atoms with Crippen LogP contribution in [0.15, 0.2) is 6.07 Å². The van der Waals surface area contributed by atoms with Gasteiger partial charge in [0.05, 0.1) is 0 Å². The molecule has 0 unspecified atom stereocenters. The van der Waals surface area contributed by atoms with Crippen LogP contribution in [0.3, 0.4) is 0 Å². The maximum absolute atomic E-state index is 12.1. The second kappa shape index (κ2) is 7.71. The number of rotatable bonds is 8. The van der Waals surface area contributed by atoms with Gasteiger partial charge in [0.15, 0.2) is 5.78 Å². The lowest BCUT2D eigenvalue weighted by atomic mass is 9.94. The van der Waals surface area contributed by atoms with Crippen LogP contribution in [0.1, 0.15) is 59.6 Å². The molecule has 118 valence electrons. The Morgan fingerprint density at radius 3 is 2.33 bits per heavy atom. The summed E-state index contributed by atoms with van der Waals surface area (Å²) in [6.45, 7) is 8.42. The summed E-state index contributed by atoms with van der Waals surface area (Å²) < 4.78 is 0. The maximum Gasteiger partial charge on any atom is 0.220 e. The van der Waals surface area contributed by atoms with Crippen molar-refractivity contribution in [2.45, 2.75) is 58.9 Å². The quantitative estimate of drug-likeness (QED) is 0.725. The van der Waals surface area contributed by atoms with E-state index in [0.29, 0.717) is 6.54 Å². The molecule has 0 radical (unpaired) electrons. The molecule has 0 atom stereocenters. The summed E-state index contributed by atoms with van der Waals surface area (Å²) in [7, 11) is 0.